The van der Waals surface area contributed by atoms with Crippen LogP contribution in [0.15, 0.2) is 18.2 Å². The lowest BCUT2D eigenvalue weighted by atomic mass is 10.2. The fourth-order valence-corrected chi connectivity index (χ4v) is 1.29. The molecule has 1 aromatic rings. The topological polar surface area (TPSA) is 77.8 Å². The molecule has 0 unspecified atom stereocenters. The lowest BCUT2D eigenvalue weighted by Gasteiger charge is -2.19. The van der Waals surface area contributed by atoms with Crippen molar-refractivity contribution in [2.24, 2.45) is 0 Å². The van der Waals surface area contributed by atoms with Crippen LogP contribution in [0.1, 0.15) is 13.8 Å². The minimum absolute atomic E-state index is 0.183. The Kier molecular flexibility index (Phi) is 2.94. The van der Waals surface area contributed by atoms with Crippen molar-refractivity contribution in [3.05, 3.63) is 18.2 Å². The Morgan fingerprint density at radius 1 is 1.07 bits per heavy atom. The monoisotopic (exact) mass is 209 g/mol. The summed E-state index contributed by atoms with van der Waals surface area (Å²) in [5.41, 5.74) is -0.183. The first-order chi connectivity index (χ1) is 6.95. The zero-order valence-electron chi connectivity index (χ0n) is 8.39. The lowest BCUT2D eigenvalue weighted by Crippen LogP contribution is -2.33. The van der Waals surface area contributed by atoms with Crippen LogP contribution >= 0.6 is 0 Å². The predicted molar refractivity (Wildman–Crippen MR) is 53.6 cm³/mol. The van der Waals surface area contributed by atoms with E-state index >= 15 is 0 Å². The summed E-state index contributed by atoms with van der Waals surface area (Å²) < 4.78 is 0. The molecule has 2 N–H and O–H groups in total. The first-order valence-corrected chi connectivity index (χ1v) is 4.27. The van der Waals surface area contributed by atoms with Gasteiger partial charge < -0.3 is 10.2 Å². The van der Waals surface area contributed by atoms with E-state index < -0.39 is 11.8 Å². The number of carbonyl (C=O) groups excluding carboxylic acids is 2. The van der Waals surface area contributed by atoms with E-state index in [-0.39, 0.29) is 17.2 Å². The van der Waals surface area contributed by atoms with Gasteiger partial charge in [-0.2, -0.15) is 0 Å². The number of para-hydroxylation sites is 1. The van der Waals surface area contributed by atoms with Gasteiger partial charge in [-0.15, -0.1) is 0 Å². The molecule has 1 rings (SSSR count). The van der Waals surface area contributed by atoms with Crippen molar-refractivity contribution in [2.45, 2.75) is 13.8 Å². The van der Waals surface area contributed by atoms with Crippen molar-refractivity contribution in [3.63, 3.8) is 0 Å². The maximum Gasteiger partial charge on any atom is 0.230 e. The van der Waals surface area contributed by atoms with E-state index in [0.29, 0.717) is 4.90 Å². The number of carbonyl (C=O) groups is 2. The zero-order valence-corrected chi connectivity index (χ0v) is 8.39. The molecule has 0 saturated heterocycles. The van der Waals surface area contributed by atoms with Crippen LogP contribution in [0.25, 0.3) is 0 Å². The van der Waals surface area contributed by atoms with Gasteiger partial charge in [-0.3, -0.25) is 9.59 Å². The first kappa shape index (κ1) is 11.0. The number of phenols is 2. The molecule has 0 saturated carbocycles. The van der Waals surface area contributed by atoms with E-state index in [1.165, 1.54) is 32.0 Å². The maximum atomic E-state index is 11.2. The van der Waals surface area contributed by atoms with Crippen LogP contribution < -0.4 is 4.90 Å². The number of amides is 2. The highest BCUT2D eigenvalue weighted by molar-refractivity contribution is 6.15. The highest BCUT2D eigenvalue weighted by atomic mass is 16.3. The molecule has 1 aromatic carbocycles. The van der Waals surface area contributed by atoms with E-state index in [0.717, 1.165) is 0 Å². The summed E-state index contributed by atoms with van der Waals surface area (Å²) in [5, 5.41) is 18.9. The minimum atomic E-state index is -0.570. The molecule has 15 heavy (non-hydrogen) atoms. The SMILES string of the molecule is CC(=O)N(C(C)=O)c1c(O)cccc1O. The first-order valence-electron chi connectivity index (χ1n) is 4.27. The molecule has 0 heterocycles. The van der Waals surface area contributed by atoms with Gasteiger partial charge in [0.2, 0.25) is 11.8 Å². The van der Waals surface area contributed by atoms with Crippen molar-refractivity contribution < 1.29 is 19.8 Å². The van der Waals surface area contributed by atoms with Crippen LogP contribution in [-0.4, -0.2) is 22.0 Å². The van der Waals surface area contributed by atoms with Gasteiger partial charge in [0.1, 0.15) is 17.2 Å². The Bertz CT molecular complexity index is 380. The molecule has 0 fully saturated rings. The predicted octanol–water partition coefficient (Wildman–Crippen LogP) is 0.997. The maximum absolute atomic E-state index is 11.2. The Balaban J connectivity index is 3.35. The number of hydrogen-bond acceptors (Lipinski definition) is 4. The van der Waals surface area contributed by atoms with Crippen molar-refractivity contribution >= 4 is 17.5 Å². The standard InChI is InChI=1S/C10H11NO4/c1-6(12)11(7(2)13)10-8(14)4-3-5-9(10)15/h3-5,14-15H,1-2H3. The smallest absolute Gasteiger partial charge is 0.230 e. The molecule has 0 atom stereocenters. The summed E-state index contributed by atoms with van der Waals surface area (Å²) in [6.07, 6.45) is 0. The average molecular weight is 209 g/mol. The molecule has 0 aromatic heterocycles. The summed E-state index contributed by atoms with van der Waals surface area (Å²) in [6, 6.07) is 3.98. The second-order valence-electron chi connectivity index (χ2n) is 3.02. The van der Waals surface area contributed by atoms with E-state index in [1.54, 1.807) is 0 Å². The van der Waals surface area contributed by atoms with Crippen LogP contribution in [0.2, 0.25) is 0 Å². The molecule has 80 valence electrons. The summed E-state index contributed by atoms with van der Waals surface area (Å²) in [6.45, 7) is 2.35. The number of rotatable bonds is 1. The van der Waals surface area contributed by atoms with E-state index in [2.05, 4.69) is 0 Å². The van der Waals surface area contributed by atoms with Gasteiger partial charge in [-0.1, -0.05) is 6.07 Å². The van der Waals surface area contributed by atoms with Crippen molar-refractivity contribution in [1.82, 2.24) is 0 Å². The van der Waals surface area contributed by atoms with Gasteiger partial charge in [-0.05, 0) is 12.1 Å². The van der Waals surface area contributed by atoms with Crippen molar-refractivity contribution in [2.75, 3.05) is 4.90 Å². The molecule has 5 nitrogen and oxygen atoms in total. The van der Waals surface area contributed by atoms with Crippen molar-refractivity contribution in [3.8, 4) is 11.5 Å². The summed E-state index contributed by atoms with van der Waals surface area (Å²) in [4.78, 5) is 23.1. The zero-order chi connectivity index (χ0) is 11.6. The normalized spacial score (nSPS) is 9.73. The van der Waals surface area contributed by atoms with Crippen LogP contribution in [0.5, 0.6) is 11.5 Å². The highest BCUT2D eigenvalue weighted by Gasteiger charge is 2.22. The fraction of sp³-hybridized carbons (Fsp3) is 0.200. The van der Waals surface area contributed by atoms with E-state index in [4.69, 9.17) is 0 Å². The fourth-order valence-electron chi connectivity index (χ4n) is 1.29. The van der Waals surface area contributed by atoms with Gasteiger partial charge in [0.05, 0.1) is 0 Å². The summed E-state index contributed by atoms with van der Waals surface area (Å²) in [7, 11) is 0. The molecule has 0 spiro atoms. The Labute approximate surface area is 86.6 Å². The second-order valence-corrected chi connectivity index (χ2v) is 3.02. The number of hydrogen-bond donors (Lipinski definition) is 2. The number of nitrogens with zero attached hydrogens (tertiary/aromatic N) is 1. The lowest BCUT2D eigenvalue weighted by molar-refractivity contribution is -0.124. The average Bonchev–Trinajstić information content (AvgIpc) is 2.09. The van der Waals surface area contributed by atoms with Crippen molar-refractivity contribution in [1.29, 1.82) is 0 Å². The Hall–Kier alpha value is -2.04. The van der Waals surface area contributed by atoms with Gasteiger partial charge in [-0.25, -0.2) is 4.90 Å². The quantitative estimate of drug-likeness (QED) is 0.723. The molecular formula is C10H11NO4. The number of anilines is 1. The van der Waals surface area contributed by atoms with Gasteiger partial charge in [0.25, 0.3) is 0 Å². The Morgan fingerprint density at radius 3 is 1.80 bits per heavy atom. The number of phenolic OH excluding ortho intramolecular Hbond substituents is 2. The van der Waals surface area contributed by atoms with Gasteiger partial charge in [0, 0.05) is 13.8 Å². The van der Waals surface area contributed by atoms with Crippen LogP contribution in [-0.2, 0) is 9.59 Å². The third kappa shape index (κ3) is 2.07. The van der Waals surface area contributed by atoms with Gasteiger partial charge in [0.15, 0.2) is 0 Å². The molecule has 2 amide bonds. The van der Waals surface area contributed by atoms with Crippen LogP contribution in [0.3, 0.4) is 0 Å². The third-order valence-electron chi connectivity index (χ3n) is 1.85. The Morgan fingerprint density at radius 2 is 1.47 bits per heavy atom. The minimum Gasteiger partial charge on any atom is -0.506 e. The largest absolute Gasteiger partial charge is 0.506 e. The van der Waals surface area contributed by atoms with Gasteiger partial charge >= 0.3 is 0 Å². The molecule has 5 heteroatoms. The summed E-state index contributed by atoms with van der Waals surface area (Å²) >= 11 is 0. The number of benzene rings is 1. The second kappa shape index (κ2) is 4.00. The molecule has 0 bridgehead atoms. The molecule has 0 radical (unpaired) electrons. The molecule has 0 aliphatic heterocycles. The number of imide groups is 1. The molecule has 0 aliphatic carbocycles. The van der Waals surface area contributed by atoms with Crippen LogP contribution in [0, 0.1) is 0 Å². The highest BCUT2D eigenvalue weighted by Crippen LogP contribution is 2.36. The molecular weight excluding hydrogens is 198 g/mol. The number of aromatic hydroxyl groups is 2. The van der Waals surface area contributed by atoms with Crippen LogP contribution in [0.4, 0.5) is 5.69 Å². The summed E-state index contributed by atoms with van der Waals surface area (Å²) in [5.74, 6) is -1.78. The van der Waals surface area contributed by atoms with E-state index in [9.17, 15) is 19.8 Å². The third-order valence-corrected chi connectivity index (χ3v) is 1.85. The molecule has 0 aliphatic rings. The van der Waals surface area contributed by atoms with E-state index in [1.807, 2.05) is 0 Å².